The monoisotopic (exact) mass is 184 g/mol. The van der Waals surface area contributed by atoms with Crippen molar-refractivity contribution in [2.45, 2.75) is 18.9 Å². The van der Waals surface area contributed by atoms with Crippen molar-refractivity contribution in [2.75, 3.05) is 33.4 Å². The van der Waals surface area contributed by atoms with E-state index in [-0.39, 0.29) is 0 Å². The molecule has 74 valence electrons. The molecule has 1 rings (SSSR count). The molecule has 0 aromatic carbocycles. The SMILES string of the molecule is COCC1CCCN1CCN=[N+]=[N-]. The summed E-state index contributed by atoms with van der Waals surface area (Å²) in [5.41, 5.74) is 8.12. The van der Waals surface area contributed by atoms with Crippen molar-refractivity contribution < 1.29 is 4.74 Å². The third-order valence-electron chi connectivity index (χ3n) is 2.41. The Morgan fingerprint density at radius 1 is 1.69 bits per heavy atom. The van der Waals surface area contributed by atoms with Gasteiger partial charge in [0.15, 0.2) is 0 Å². The number of likely N-dealkylation sites (tertiary alicyclic amines) is 1. The van der Waals surface area contributed by atoms with Crippen molar-refractivity contribution >= 4 is 0 Å². The summed E-state index contributed by atoms with van der Waals surface area (Å²) in [7, 11) is 1.73. The summed E-state index contributed by atoms with van der Waals surface area (Å²) in [6.07, 6.45) is 2.43. The van der Waals surface area contributed by atoms with Gasteiger partial charge in [0, 0.05) is 31.2 Å². The van der Waals surface area contributed by atoms with Crippen LogP contribution in [0.25, 0.3) is 10.4 Å². The topological polar surface area (TPSA) is 61.2 Å². The molecule has 1 atom stereocenters. The molecule has 0 spiro atoms. The molecule has 0 radical (unpaired) electrons. The van der Waals surface area contributed by atoms with Crippen LogP contribution in [0.1, 0.15) is 12.8 Å². The zero-order chi connectivity index (χ0) is 9.52. The Bertz CT molecular complexity index is 191. The lowest BCUT2D eigenvalue weighted by Crippen LogP contribution is -2.34. The van der Waals surface area contributed by atoms with Crippen LogP contribution in [0.3, 0.4) is 0 Å². The summed E-state index contributed by atoms with van der Waals surface area (Å²) in [4.78, 5) is 5.07. The second-order valence-electron chi connectivity index (χ2n) is 3.24. The fraction of sp³-hybridized carbons (Fsp3) is 1.00. The zero-order valence-electron chi connectivity index (χ0n) is 8.02. The first-order valence-electron chi connectivity index (χ1n) is 4.62. The molecule has 0 saturated carbocycles. The lowest BCUT2D eigenvalue weighted by Gasteiger charge is -2.22. The molecule has 5 nitrogen and oxygen atoms in total. The number of hydrogen-bond acceptors (Lipinski definition) is 3. The molecule has 0 aliphatic carbocycles. The van der Waals surface area contributed by atoms with Crippen LogP contribution in [-0.2, 0) is 4.74 Å². The number of azide groups is 1. The summed E-state index contributed by atoms with van der Waals surface area (Å²) in [6.45, 7) is 3.32. The van der Waals surface area contributed by atoms with Gasteiger partial charge in [-0.15, -0.1) is 0 Å². The van der Waals surface area contributed by atoms with E-state index in [4.69, 9.17) is 10.3 Å². The number of hydrogen-bond donors (Lipinski definition) is 0. The Balaban J connectivity index is 2.26. The van der Waals surface area contributed by atoms with Gasteiger partial charge in [-0.1, -0.05) is 5.11 Å². The van der Waals surface area contributed by atoms with Crippen LogP contribution in [0.2, 0.25) is 0 Å². The number of nitrogens with zero attached hydrogens (tertiary/aromatic N) is 4. The Morgan fingerprint density at radius 2 is 2.54 bits per heavy atom. The van der Waals surface area contributed by atoms with E-state index in [0.29, 0.717) is 12.6 Å². The highest BCUT2D eigenvalue weighted by atomic mass is 16.5. The standard InChI is InChI=1S/C8H16N4O/c1-13-7-8-3-2-5-12(8)6-4-10-11-9/h8H,2-7H2,1H3. The highest BCUT2D eigenvalue weighted by molar-refractivity contribution is 4.79. The maximum absolute atomic E-state index is 8.12. The van der Waals surface area contributed by atoms with Crippen molar-refractivity contribution in [3.8, 4) is 0 Å². The van der Waals surface area contributed by atoms with Crippen LogP contribution in [0.4, 0.5) is 0 Å². The van der Waals surface area contributed by atoms with Crippen LogP contribution >= 0.6 is 0 Å². The molecule has 5 heteroatoms. The fourth-order valence-electron chi connectivity index (χ4n) is 1.79. The minimum Gasteiger partial charge on any atom is -0.383 e. The summed E-state index contributed by atoms with van der Waals surface area (Å²) in [5.74, 6) is 0. The molecule has 1 aliphatic rings. The van der Waals surface area contributed by atoms with Crippen LogP contribution < -0.4 is 0 Å². The highest BCUT2D eigenvalue weighted by Crippen LogP contribution is 2.16. The average Bonchev–Trinajstić information content (AvgIpc) is 2.54. The van der Waals surface area contributed by atoms with Gasteiger partial charge in [-0.25, -0.2) is 0 Å². The summed E-state index contributed by atoms with van der Waals surface area (Å²) in [5, 5.41) is 3.53. The Labute approximate surface area is 78.3 Å². The van der Waals surface area contributed by atoms with Crippen LogP contribution in [0.5, 0.6) is 0 Å². The molecule has 0 amide bonds. The van der Waals surface area contributed by atoms with Crippen LogP contribution in [-0.4, -0.2) is 44.3 Å². The smallest absolute Gasteiger partial charge is 0.0618 e. The van der Waals surface area contributed by atoms with E-state index >= 15 is 0 Å². The number of methoxy groups -OCH3 is 1. The normalized spacial score (nSPS) is 23.0. The quantitative estimate of drug-likeness (QED) is 0.368. The minimum atomic E-state index is 0.527. The summed E-state index contributed by atoms with van der Waals surface area (Å²) in [6, 6.07) is 0.527. The molecule has 0 aromatic rings. The van der Waals surface area contributed by atoms with Crippen molar-refractivity contribution in [1.29, 1.82) is 0 Å². The molecule has 13 heavy (non-hydrogen) atoms. The molecule has 1 saturated heterocycles. The Kier molecular flexibility index (Phi) is 4.60. The molecular weight excluding hydrogens is 168 g/mol. The summed E-state index contributed by atoms with van der Waals surface area (Å²) < 4.78 is 5.12. The van der Waals surface area contributed by atoms with Gasteiger partial charge in [0.1, 0.15) is 0 Å². The second-order valence-corrected chi connectivity index (χ2v) is 3.24. The maximum atomic E-state index is 8.12. The van der Waals surface area contributed by atoms with Gasteiger partial charge in [0.25, 0.3) is 0 Å². The molecule has 1 aliphatic heterocycles. The Hall–Kier alpha value is -0.770. The molecule has 1 unspecified atom stereocenters. The van der Waals surface area contributed by atoms with E-state index in [1.54, 1.807) is 7.11 Å². The van der Waals surface area contributed by atoms with Crippen LogP contribution in [0.15, 0.2) is 5.11 Å². The van der Waals surface area contributed by atoms with Crippen molar-refractivity contribution in [3.63, 3.8) is 0 Å². The average molecular weight is 184 g/mol. The second kappa shape index (κ2) is 5.80. The first kappa shape index (κ1) is 10.3. The van der Waals surface area contributed by atoms with Crippen LogP contribution in [0, 0.1) is 0 Å². The lowest BCUT2D eigenvalue weighted by atomic mass is 10.2. The van der Waals surface area contributed by atoms with Gasteiger partial charge >= 0.3 is 0 Å². The van der Waals surface area contributed by atoms with Gasteiger partial charge in [0.05, 0.1) is 6.61 Å². The molecule has 0 bridgehead atoms. The lowest BCUT2D eigenvalue weighted by molar-refractivity contribution is 0.117. The van der Waals surface area contributed by atoms with Gasteiger partial charge in [-0.05, 0) is 24.9 Å². The van der Waals surface area contributed by atoms with Gasteiger partial charge in [0.2, 0.25) is 0 Å². The fourth-order valence-corrected chi connectivity index (χ4v) is 1.79. The predicted octanol–water partition coefficient (Wildman–Crippen LogP) is 1.41. The molecule has 1 fully saturated rings. The largest absolute Gasteiger partial charge is 0.383 e. The third-order valence-corrected chi connectivity index (χ3v) is 2.41. The van der Waals surface area contributed by atoms with Crippen molar-refractivity contribution in [2.24, 2.45) is 5.11 Å². The zero-order valence-corrected chi connectivity index (χ0v) is 8.02. The van der Waals surface area contributed by atoms with E-state index in [1.165, 1.54) is 12.8 Å². The molecule has 1 heterocycles. The highest BCUT2D eigenvalue weighted by Gasteiger charge is 2.23. The first-order valence-corrected chi connectivity index (χ1v) is 4.62. The van der Waals surface area contributed by atoms with Crippen molar-refractivity contribution in [1.82, 2.24) is 4.90 Å². The number of rotatable bonds is 5. The van der Waals surface area contributed by atoms with Gasteiger partial charge < -0.3 is 4.74 Å². The van der Waals surface area contributed by atoms with E-state index in [9.17, 15) is 0 Å². The third kappa shape index (κ3) is 3.22. The maximum Gasteiger partial charge on any atom is 0.0618 e. The number of ether oxygens (including phenoxy) is 1. The molecule has 0 N–H and O–H groups in total. The van der Waals surface area contributed by atoms with E-state index in [1.807, 2.05) is 0 Å². The van der Waals surface area contributed by atoms with Crippen molar-refractivity contribution in [3.05, 3.63) is 10.4 Å². The van der Waals surface area contributed by atoms with E-state index in [2.05, 4.69) is 14.9 Å². The summed E-state index contributed by atoms with van der Waals surface area (Å²) >= 11 is 0. The first-order chi connectivity index (χ1) is 6.38. The molecular formula is C8H16N4O. The van der Waals surface area contributed by atoms with E-state index in [0.717, 1.165) is 19.7 Å². The van der Waals surface area contributed by atoms with Gasteiger partial charge in [-0.2, -0.15) is 0 Å². The Morgan fingerprint density at radius 3 is 3.23 bits per heavy atom. The minimum absolute atomic E-state index is 0.527. The van der Waals surface area contributed by atoms with E-state index < -0.39 is 0 Å². The predicted molar refractivity (Wildman–Crippen MR) is 50.5 cm³/mol. The van der Waals surface area contributed by atoms with Gasteiger partial charge in [-0.3, -0.25) is 4.90 Å². The molecule has 0 aromatic heterocycles.